The molecule has 1 unspecified atom stereocenters. The fourth-order valence-corrected chi connectivity index (χ4v) is 2.23. The number of thiazole rings is 1. The molecule has 2 nitrogen and oxygen atoms in total. The molecule has 0 radical (unpaired) electrons. The largest absolute Gasteiger partial charge is 0.443 e. The first-order valence-corrected chi connectivity index (χ1v) is 5.87. The molecule has 1 N–H and O–H groups in total. The zero-order valence-electron chi connectivity index (χ0n) is 9.38. The quantitative estimate of drug-likeness (QED) is 0.678. The molecule has 0 aliphatic carbocycles. The molecule has 0 amide bonds. The second kappa shape index (κ2) is 5.06. The molecule has 0 bridgehead atoms. The van der Waals surface area contributed by atoms with E-state index in [-0.39, 0.29) is 22.3 Å². The number of alkyl halides is 3. The Morgan fingerprint density at radius 2 is 1.65 bits per heavy atom. The smallest absolute Gasteiger partial charge is 0.383 e. The molecule has 2 rings (SSSR count). The highest BCUT2D eigenvalue weighted by Gasteiger charge is 2.35. The fraction of sp³-hybridized carbons (Fsp3) is 0.182. The van der Waals surface area contributed by atoms with Crippen molar-refractivity contribution in [2.45, 2.75) is 12.3 Å². The first-order chi connectivity index (χ1) is 9.20. The molecular weight excluding hydrogens is 308 g/mol. The van der Waals surface area contributed by atoms with Crippen LogP contribution in [0.5, 0.6) is 0 Å². The summed E-state index contributed by atoms with van der Waals surface area (Å²) < 4.78 is 76.2. The van der Waals surface area contributed by atoms with Crippen LogP contribution in [0.3, 0.4) is 0 Å². The zero-order valence-corrected chi connectivity index (χ0v) is 10.2. The van der Waals surface area contributed by atoms with Gasteiger partial charge in [-0.1, -0.05) is 0 Å². The van der Waals surface area contributed by atoms with E-state index in [2.05, 4.69) is 4.98 Å². The van der Waals surface area contributed by atoms with E-state index in [1.54, 1.807) is 0 Å². The predicted octanol–water partition coefficient (Wildman–Crippen LogP) is 3.66. The van der Waals surface area contributed by atoms with Crippen LogP contribution in [-0.4, -0.2) is 10.1 Å². The summed E-state index contributed by atoms with van der Waals surface area (Å²) in [5.74, 6) is -4.14. The van der Waals surface area contributed by atoms with E-state index in [1.165, 1.54) is 0 Å². The van der Waals surface area contributed by atoms with Crippen molar-refractivity contribution in [3.63, 3.8) is 0 Å². The van der Waals surface area contributed by atoms with Gasteiger partial charge in [-0.25, -0.2) is 18.2 Å². The average Bonchev–Trinajstić information content (AvgIpc) is 2.82. The highest BCUT2D eigenvalue weighted by Crippen LogP contribution is 2.36. The van der Waals surface area contributed by atoms with Gasteiger partial charge in [-0.3, -0.25) is 0 Å². The molecule has 1 aromatic carbocycles. The Morgan fingerprint density at radius 1 is 1.05 bits per heavy atom. The SMILES string of the molecule is OC(c1cnc(C(F)(F)F)s1)c1cc(F)c(F)cc1F. The van der Waals surface area contributed by atoms with Crippen LogP contribution in [0.15, 0.2) is 18.3 Å². The first-order valence-electron chi connectivity index (χ1n) is 5.05. The molecule has 0 aliphatic heterocycles. The summed E-state index contributed by atoms with van der Waals surface area (Å²) in [6, 6.07) is 0.599. The molecule has 1 aromatic heterocycles. The van der Waals surface area contributed by atoms with E-state index in [0.717, 1.165) is 0 Å². The van der Waals surface area contributed by atoms with Crippen LogP contribution < -0.4 is 0 Å². The minimum atomic E-state index is -4.70. The number of rotatable bonds is 2. The van der Waals surface area contributed by atoms with Crippen molar-refractivity contribution in [2.75, 3.05) is 0 Å². The number of benzene rings is 1. The Labute approximate surface area is 112 Å². The Morgan fingerprint density at radius 3 is 2.20 bits per heavy atom. The lowest BCUT2D eigenvalue weighted by Crippen LogP contribution is -2.04. The highest BCUT2D eigenvalue weighted by molar-refractivity contribution is 7.11. The van der Waals surface area contributed by atoms with Gasteiger partial charge in [0.1, 0.15) is 11.9 Å². The van der Waals surface area contributed by atoms with Gasteiger partial charge in [-0.15, -0.1) is 11.3 Å². The van der Waals surface area contributed by atoms with Crippen LogP contribution in [0.1, 0.15) is 21.6 Å². The molecule has 9 heteroatoms. The van der Waals surface area contributed by atoms with Crippen LogP contribution in [0.4, 0.5) is 26.3 Å². The first kappa shape index (κ1) is 14.8. The lowest BCUT2D eigenvalue weighted by atomic mass is 10.1. The van der Waals surface area contributed by atoms with Gasteiger partial charge in [0.05, 0.1) is 4.88 Å². The Balaban J connectivity index is 2.39. The maximum atomic E-state index is 13.4. The summed E-state index contributed by atoms with van der Waals surface area (Å²) in [4.78, 5) is 2.72. The Kier molecular flexibility index (Phi) is 3.74. The summed E-state index contributed by atoms with van der Waals surface area (Å²) in [7, 11) is 0. The third-order valence-electron chi connectivity index (χ3n) is 2.37. The Hall–Kier alpha value is -1.61. The molecular formula is C11H5F6NOS. The highest BCUT2D eigenvalue weighted by atomic mass is 32.1. The van der Waals surface area contributed by atoms with Crippen LogP contribution >= 0.6 is 11.3 Å². The second-order valence-electron chi connectivity index (χ2n) is 3.76. The molecule has 108 valence electrons. The molecule has 1 heterocycles. The van der Waals surface area contributed by atoms with Crippen molar-refractivity contribution < 1.29 is 31.4 Å². The van der Waals surface area contributed by atoms with Crippen LogP contribution in [-0.2, 0) is 6.18 Å². The molecule has 0 aliphatic rings. The third-order valence-corrected chi connectivity index (χ3v) is 3.46. The second-order valence-corrected chi connectivity index (χ2v) is 4.82. The summed E-state index contributed by atoms with van der Waals surface area (Å²) >= 11 is 0.0925. The number of aliphatic hydroxyl groups excluding tert-OH is 1. The predicted molar refractivity (Wildman–Crippen MR) is 57.5 cm³/mol. The summed E-state index contributed by atoms with van der Waals surface area (Å²) in [6.45, 7) is 0. The monoisotopic (exact) mass is 313 g/mol. The van der Waals surface area contributed by atoms with Crippen molar-refractivity contribution in [3.8, 4) is 0 Å². The van der Waals surface area contributed by atoms with E-state index >= 15 is 0 Å². The van der Waals surface area contributed by atoms with E-state index in [0.29, 0.717) is 12.3 Å². The summed E-state index contributed by atoms with van der Waals surface area (Å²) in [5.41, 5.74) is -0.665. The molecule has 2 aromatic rings. The summed E-state index contributed by atoms with van der Waals surface area (Å²) in [5, 5.41) is 8.51. The van der Waals surface area contributed by atoms with Gasteiger partial charge in [0.25, 0.3) is 0 Å². The topological polar surface area (TPSA) is 33.1 Å². The standard InChI is InChI=1S/C11H5F6NOS/c12-5-2-7(14)6(13)1-4(5)9(19)8-3-18-10(20-8)11(15,16)17/h1-3,9,19H. The van der Waals surface area contributed by atoms with Gasteiger partial charge in [0.2, 0.25) is 0 Å². The molecule has 1 atom stereocenters. The minimum absolute atomic E-state index is 0.0925. The number of hydrogen-bond donors (Lipinski definition) is 1. The van der Waals surface area contributed by atoms with Crippen LogP contribution in [0.25, 0.3) is 0 Å². The van der Waals surface area contributed by atoms with E-state index in [4.69, 9.17) is 0 Å². The van der Waals surface area contributed by atoms with Crippen LogP contribution in [0.2, 0.25) is 0 Å². The van der Waals surface area contributed by atoms with Crippen molar-refractivity contribution in [2.24, 2.45) is 0 Å². The van der Waals surface area contributed by atoms with E-state index in [9.17, 15) is 31.4 Å². The van der Waals surface area contributed by atoms with Gasteiger partial charge in [-0.05, 0) is 6.07 Å². The van der Waals surface area contributed by atoms with Crippen molar-refractivity contribution in [3.05, 3.63) is 51.2 Å². The average molecular weight is 313 g/mol. The normalized spacial score (nSPS) is 13.6. The Bertz CT molecular complexity index is 638. The molecule has 0 saturated carbocycles. The van der Waals surface area contributed by atoms with Gasteiger partial charge < -0.3 is 5.11 Å². The van der Waals surface area contributed by atoms with Gasteiger partial charge in [-0.2, -0.15) is 13.2 Å². The number of halogens is 6. The van der Waals surface area contributed by atoms with E-state index < -0.39 is 40.3 Å². The fourth-order valence-electron chi connectivity index (χ4n) is 1.44. The van der Waals surface area contributed by atoms with Gasteiger partial charge in [0, 0.05) is 17.8 Å². The number of nitrogens with zero attached hydrogens (tertiary/aromatic N) is 1. The van der Waals surface area contributed by atoms with E-state index in [1.807, 2.05) is 0 Å². The number of hydrogen-bond acceptors (Lipinski definition) is 3. The molecule has 0 saturated heterocycles. The van der Waals surface area contributed by atoms with Crippen molar-refractivity contribution >= 4 is 11.3 Å². The molecule has 0 fully saturated rings. The number of aromatic nitrogens is 1. The lowest BCUT2D eigenvalue weighted by Gasteiger charge is -2.10. The summed E-state index contributed by atoms with van der Waals surface area (Å²) in [6.07, 6.45) is -5.85. The lowest BCUT2D eigenvalue weighted by molar-refractivity contribution is -0.137. The third kappa shape index (κ3) is 2.78. The number of aliphatic hydroxyl groups is 1. The minimum Gasteiger partial charge on any atom is -0.383 e. The molecule has 20 heavy (non-hydrogen) atoms. The van der Waals surface area contributed by atoms with Crippen LogP contribution in [0, 0.1) is 17.5 Å². The maximum Gasteiger partial charge on any atom is 0.443 e. The van der Waals surface area contributed by atoms with Crippen molar-refractivity contribution in [1.29, 1.82) is 0 Å². The molecule has 0 spiro atoms. The van der Waals surface area contributed by atoms with Gasteiger partial charge in [0.15, 0.2) is 16.6 Å². The zero-order chi connectivity index (χ0) is 15.1. The van der Waals surface area contributed by atoms with Gasteiger partial charge >= 0.3 is 6.18 Å². The maximum absolute atomic E-state index is 13.4. The van der Waals surface area contributed by atoms with Crippen molar-refractivity contribution in [1.82, 2.24) is 4.98 Å².